The second kappa shape index (κ2) is 8.31. The monoisotopic (exact) mass is 395 g/mol. The van der Waals surface area contributed by atoms with Crippen LogP contribution in [0.4, 0.5) is 4.39 Å². The lowest BCUT2D eigenvalue weighted by molar-refractivity contribution is 0.415. The molecule has 28 heavy (non-hydrogen) atoms. The van der Waals surface area contributed by atoms with Gasteiger partial charge in [0.1, 0.15) is 17.3 Å². The minimum atomic E-state index is -0.243. The molecule has 0 aliphatic carbocycles. The Balaban J connectivity index is 1.66. The zero-order valence-electron chi connectivity index (χ0n) is 15.2. The Labute approximate surface area is 166 Å². The van der Waals surface area contributed by atoms with E-state index in [0.29, 0.717) is 12.3 Å². The van der Waals surface area contributed by atoms with Crippen LogP contribution in [-0.4, -0.2) is 21.9 Å². The maximum atomic E-state index is 13.5. The highest BCUT2D eigenvalue weighted by Gasteiger charge is 2.16. The Morgan fingerprint density at radius 1 is 1.07 bits per heavy atom. The van der Waals surface area contributed by atoms with Gasteiger partial charge in [-0.25, -0.2) is 4.39 Å². The molecule has 0 saturated carbocycles. The van der Waals surface area contributed by atoms with Crippen LogP contribution in [-0.2, 0) is 12.3 Å². The molecule has 2 aromatic carbocycles. The Bertz CT molecular complexity index is 1060. The Kier molecular flexibility index (Phi) is 5.43. The molecule has 0 fully saturated rings. The van der Waals surface area contributed by atoms with Crippen LogP contribution in [0, 0.1) is 5.82 Å². The van der Waals surface area contributed by atoms with Crippen molar-refractivity contribution in [1.82, 2.24) is 14.8 Å². The molecule has 4 aromatic rings. The maximum Gasteiger partial charge on any atom is 0.192 e. The molecule has 0 aliphatic rings. The van der Waals surface area contributed by atoms with Crippen molar-refractivity contribution in [2.75, 3.05) is 7.11 Å². The summed E-state index contributed by atoms with van der Waals surface area (Å²) in [5.41, 5.74) is 1.79. The second-order valence-corrected chi connectivity index (χ2v) is 7.06. The number of benzene rings is 2. The molecular weight excluding hydrogens is 377 g/mol. The van der Waals surface area contributed by atoms with Crippen LogP contribution in [0.2, 0.25) is 0 Å². The van der Waals surface area contributed by atoms with Crippen molar-refractivity contribution in [2.24, 2.45) is 0 Å². The quantitative estimate of drug-likeness (QED) is 0.411. The minimum Gasteiger partial charge on any atom is -0.497 e. The van der Waals surface area contributed by atoms with Gasteiger partial charge in [-0.3, -0.25) is 4.57 Å². The summed E-state index contributed by atoms with van der Waals surface area (Å²) in [4.78, 5) is 0. The lowest BCUT2D eigenvalue weighted by Crippen LogP contribution is -2.03. The number of halogens is 1. The summed E-state index contributed by atoms with van der Waals surface area (Å²) in [6, 6.07) is 18.0. The zero-order valence-corrected chi connectivity index (χ0v) is 16.0. The second-order valence-electron chi connectivity index (χ2n) is 6.12. The van der Waals surface area contributed by atoms with Gasteiger partial charge in [0.25, 0.3) is 0 Å². The molecule has 5 nitrogen and oxygen atoms in total. The van der Waals surface area contributed by atoms with Crippen LogP contribution in [0.3, 0.4) is 0 Å². The summed E-state index contributed by atoms with van der Waals surface area (Å²) < 4.78 is 26.3. The first-order valence-corrected chi connectivity index (χ1v) is 9.69. The highest BCUT2D eigenvalue weighted by Crippen LogP contribution is 2.29. The fourth-order valence-electron chi connectivity index (χ4n) is 2.85. The summed E-state index contributed by atoms with van der Waals surface area (Å²) in [5, 5.41) is 9.49. The predicted octanol–water partition coefficient (Wildman–Crippen LogP) is 5.03. The summed E-state index contributed by atoms with van der Waals surface area (Å²) in [6.07, 6.45) is 1.64. The molecule has 0 N–H and O–H groups in total. The third-order valence-corrected chi connectivity index (χ3v) is 5.23. The third-order valence-electron chi connectivity index (χ3n) is 4.20. The Morgan fingerprint density at radius 2 is 1.96 bits per heavy atom. The van der Waals surface area contributed by atoms with Gasteiger partial charge in [-0.2, -0.15) is 0 Å². The lowest BCUT2D eigenvalue weighted by atomic mass is 10.2. The van der Waals surface area contributed by atoms with Crippen molar-refractivity contribution >= 4 is 11.8 Å². The zero-order chi connectivity index (χ0) is 19.3. The van der Waals surface area contributed by atoms with Crippen LogP contribution in [0.15, 0.2) is 76.5 Å². The number of hydrogen-bond acceptors (Lipinski definition) is 5. The van der Waals surface area contributed by atoms with Gasteiger partial charge in [-0.1, -0.05) is 36.0 Å². The number of thioether (sulfide) groups is 1. The molecule has 0 radical (unpaired) electrons. The minimum absolute atomic E-state index is 0.243. The molecule has 7 heteroatoms. The number of methoxy groups -OCH3 is 1. The summed E-state index contributed by atoms with van der Waals surface area (Å²) >= 11 is 1.51. The summed E-state index contributed by atoms with van der Waals surface area (Å²) in [6.45, 7) is 0.498. The van der Waals surface area contributed by atoms with E-state index in [1.165, 1.54) is 23.9 Å². The van der Waals surface area contributed by atoms with Gasteiger partial charge < -0.3 is 9.15 Å². The fourth-order valence-corrected chi connectivity index (χ4v) is 3.73. The fraction of sp³-hybridized carbons (Fsp3) is 0.143. The maximum absolute atomic E-state index is 13.5. The molecule has 4 rings (SSSR count). The number of rotatable bonds is 7. The molecule has 0 atom stereocenters. The predicted molar refractivity (Wildman–Crippen MR) is 106 cm³/mol. The average molecular weight is 395 g/mol. The van der Waals surface area contributed by atoms with Crippen molar-refractivity contribution in [1.29, 1.82) is 0 Å². The van der Waals surface area contributed by atoms with E-state index in [2.05, 4.69) is 10.2 Å². The highest BCUT2D eigenvalue weighted by atomic mass is 32.2. The number of hydrogen-bond donors (Lipinski definition) is 0. The van der Waals surface area contributed by atoms with Crippen LogP contribution < -0.4 is 4.74 Å². The topological polar surface area (TPSA) is 53.1 Å². The molecule has 0 saturated heterocycles. The van der Waals surface area contributed by atoms with E-state index in [9.17, 15) is 4.39 Å². The van der Waals surface area contributed by atoms with E-state index in [1.54, 1.807) is 19.4 Å². The van der Waals surface area contributed by atoms with E-state index >= 15 is 0 Å². The number of furan rings is 1. The number of aromatic nitrogens is 3. The van der Waals surface area contributed by atoms with E-state index < -0.39 is 0 Å². The van der Waals surface area contributed by atoms with E-state index in [4.69, 9.17) is 9.15 Å². The standard InChI is InChI=1S/C21H18FN3O2S/c1-26-18-8-3-6-16(12-18)20-23-24-21(25(20)13-19-9-4-10-27-19)28-14-15-5-2-7-17(22)11-15/h2-12H,13-14H2,1H3. The Morgan fingerprint density at radius 3 is 2.75 bits per heavy atom. The van der Waals surface area contributed by atoms with Gasteiger partial charge in [0.2, 0.25) is 0 Å². The van der Waals surface area contributed by atoms with Crippen LogP contribution in [0.5, 0.6) is 5.75 Å². The molecule has 0 amide bonds. The van der Waals surface area contributed by atoms with Gasteiger partial charge in [-0.15, -0.1) is 10.2 Å². The SMILES string of the molecule is COc1cccc(-c2nnc(SCc3cccc(F)c3)n2Cc2ccco2)c1. The first-order valence-electron chi connectivity index (χ1n) is 8.70. The average Bonchev–Trinajstić information content (AvgIpc) is 3.37. The molecule has 2 heterocycles. The molecule has 0 bridgehead atoms. The van der Waals surface area contributed by atoms with Gasteiger partial charge in [0.05, 0.1) is 19.9 Å². The molecule has 0 spiro atoms. The lowest BCUT2D eigenvalue weighted by Gasteiger charge is -2.10. The van der Waals surface area contributed by atoms with Gasteiger partial charge in [0.15, 0.2) is 11.0 Å². The molecule has 0 aliphatic heterocycles. The van der Waals surface area contributed by atoms with Crippen LogP contribution >= 0.6 is 11.8 Å². The highest BCUT2D eigenvalue weighted by molar-refractivity contribution is 7.98. The molecule has 2 aromatic heterocycles. The largest absolute Gasteiger partial charge is 0.497 e. The van der Waals surface area contributed by atoms with Crippen LogP contribution in [0.1, 0.15) is 11.3 Å². The van der Waals surface area contributed by atoms with E-state index in [0.717, 1.165) is 33.6 Å². The van der Waals surface area contributed by atoms with Gasteiger partial charge in [0, 0.05) is 11.3 Å². The summed E-state index contributed by atoms with van der Waals surface area (Å²) in [7, 11) is 1.63. The first-order chi connectivity index (χ1) is 13.7. The van der Waals surface area contributed by atoms with E-state index in [1.807, 2.05) is 47.0 Å². The first kappa shape index (κ1) is 18.3. The van der Waals surface area contributed by atoms with Crippen molar-refractivity contribution in [3.8, 4) is 17.1 Å². The molecular formula is C21H18FN3O2S. The third kappa shape index (κ3) is 4.09. The van der Waals surface area contributed by atoms with Crippen molar-refractivity contribution in [3.05, 3.63) is 84.1 Å². The van der Waals surface area contributed by atoms with Gasteiger partial charge >= 0.3 is 0 Å². The number of nitrogens with zero attached hydrogens (tertiary/aromatic N) is 3. The molecule has 0 unspecified atom stereocenters. The Hall–Kier alpha value is -3.06. The van der Waals surface area contributed by atoms with E-state index in [-0.39, 0.29) is 5.82 Å². The van der Waals surface area contributed by atoms with Crippen molar-refractivity contribution in [2.45, 2.75) is 17.5 Å². The number of ether oxygens (including phenoxy) is 1. The molecule has 142 valence electrons. The normalized spacial score (nSPS) is 10.9. The van der Waals surface area contributed by atoms with Crippen molar-refractivity contribution < 1.29 is 13.5 Å². The van der Waals surface area contributed by atoms with Gasteiger partial charge in [-0.05, 0) is 42.0 Å². The summed E-state index contributed by atoms with van der Waals surface area (Å²) in [5.74, 6) is 2.62. The smallest absolute Gasteiger partial charge is 0.192 e. The van der Waals surface area contributed by atoms with Crippen molar-refractivity contribution in [3.63, 3.8) is 0 Å². The van der Waals surface area contributed by atoms with Crippen LogP contribution in [0.25, 0.3) is 11.4 Å².